The highest BCUT2D eigenvalue weighted by Gasteiger charge is 2.37. The van der Waals surface area contributed by atoms with E-state index in [0.29, 0.717) is 11.6 Å². The molecule has 0 aliphatic rings. The average Bonchev–Trinajstić information content (AvgIpc) is 2.45. The molecule has 0 aliphatic heterocycles. The number of halogens is 3. The standard InChI is InChI=1S/C15H11F3O3/c1-21-11-8-7-10(15(16,17)18)13(14(19)20)12(11)9-5-3-2-4-6-9/h2-8H,1H3,(H,19,20). The summed E-state index contributed by atoms with van der Waals surface area (Å²) in [7, 11) is 1.28. The zero-order valence-electron chi connectivity index (χ0n) is 10.9. The molecule has 0 heterocycles. The second-order valence-corrected chi connectivity index (χ2v) is 4.23. The van der Waals surface area contributed by atoms with Crippen LogP contribution in [0, 0.1) is 0 Å². The summed E-state index contributed by atoms with van der Waals surface area (Å²) in [5.41, 5.74) is -1.75. The van der Waals surface area contributed by atoms with Crippen LogP contribution < -0.4 is 4.74 Å². The zero-order valence-corrected chi connectivity index (χ0v) is 10.9. The van der Waals surface area contributed by atoms with E-state index in [1.54, 1.807) is 18.2 Å². The Labute approximate surface area is 118 Å². The summed E-state index contributed by atoms with van der Waals surface area (Å²) >= 11 is 0. The van der Waals surface area contributed by atoms with Gasteiger partial charge in [0.25, 0.3) is 0 Å². The molecule has 0 spiro atoms. The van der Waals surface area contributed by atoms with Crippen molar-refractivity contribution in [3.8, 4) is 16.9 Å². The highest BCUT2D eigenvalue weighted by Crippen LogP contribution is 2.41. The molecule has 110 valence electrons. The van der Waals surface area contributed by atoms with Crippen LogP contribution in [-0.4, -0.2) is 18.2 Å². The predicted octanol–water partition coefficient (Wildman–Crippen LogP) is 4.08. The predicted molar refractivity (Wildman–Crippen MR) is 70.4 cm³/mol. The van der Waals surface area contributed by atoms with Crippen molar-refractivity contribution >= 4 is 5.97 Å². The number of ether oxygens (including phenoxy) is 1. The third-order valence-electron chi connectivity index (χ3n) is 2.97. The van der Waals surface area contributed by atoms with Crippen LogP contribution in [0.5, 0.6) is 5.75 Å². The normalized spacial score (nSPS) is 11.2. The fourth-order valence-electron chi connectivity index (χ4n) is 2.10. The van der Waals surface area contributed by atoms with Crippen molar-refractivity contribution < 1.29 is 27.8 Å². The summed E-state index contributed by atoms with van der Waals surface area (Å²) in [4.78, 5) is 11.4. The number of carboxylic acid groups (broad SMARTS) is 1. The molecule has 0 aliphatic carbocycles. The Morgan fingerprint density at radius 3 is 2.19 bits per heavy atom. The minimum absolute atomic E-state index is 0.0756. The Morgan fingerprint density at radius 2 is 1.71 bits per heavy atom. The first-order chi connectivity index (χ1) is 9.86. The summed E-state index contributed by atoms with van der Waals surface area (Å²) in [6.07, 6.45) is -4.76. The quantitative estimate of drug-likeness (QED) is 0.928. The highest BCUT2D eigenvalue weighted by atomic mass is 19.4. The summed E-state index contributed by atoms with van der Waals surface area (Å²) in [6.45, 7) is 0. The molecule has 21 heavy (non-hydrogen) atoms. The number of benzene rings is 2. The maximum absolute atomic E-state index is 13.0. The molecule has 0 aromatic heterocycles. The maximum atomic E-state index is 13.0. The van der Waals surface area contributed by atoms with Gasteiger partial charge in [0.2, 0.25) is 0 Å². The Kier molecular flexibility index (Phi) is 3.88. The molecule has 1 N–H and O–H groups in total. The summed E-state index contributed by atoms with van der Waals surface area (Å²) in [5.74, 6) is -1.58. The number of hydrogen-bond donors (Lipinski definition) is 1. The third-order valence-corrected chi connectivity index (χ3v) is 2.97. The van der Waals surface area contributed by atoms with Crippen molar-refractivity contribution in [2.24, 2.45) is 0 Å². The monoisotopic (exact) mass is 296 g/mol. The lowest BCUT2D eigenvalue weighted by Gasteiger charge is -2.17. The second-order valence-electron chi connectivity index (χ2n) is 4.23. The van der Waals surface area contributed by atoms with E-state index < -0.39 is 23.3 Å². The molecule has 6 heteroatoms. The number of methoxy groups -OCH3 is 1. The number of alkyl halides is 3. The third kappa shape index (κ3) is 2.84. The number of carboxylic acids is 1. The van der Waals surface area contributed by atoms with Gasteiger partial charge in [-0.3, -0.25) is 0 Å². The zero-order chi connectivity index (χ0) is 15.6. The van der Waals surface area contributed by atoms with Crippen LogP contribution in [0.2, 0.25) is 0 Å². The van der Waals surface area contributed by atoms with Crippen molar-refractivity contribution in [2.45, 2.75) is 6.18 Å². The molecule has 0 saturated heterocycles. The maximum Gasteiger partial charge on any atom is 0.417 e. The Morgan fingerprint density at radius 1 is 1.10 bits per heavy atom. The van der Waals surface area contributed by atoms with E-state index in [9.17, 15) is 23.1 Å². The summed E-state index contributed by atoms with van der Waals surface area (Å²) in [6, 6.07) is 9.81. The van der Waals surface area contributed by atoms with E-state index in [2.05, 4.69) is 0 Å². The minimum atomic E-state index is -4.76. The van der Waals surface area contributed by atoms with Gasteiger partial charge in [-0.15, -0.1) is 0 Å². The van der Waals surface area contributed by atoms with Crippen LogP contribution in [-0.2, 0) is 6.18 Å². The van der Waals surface area contributed by atoms with Crippen LogP contribution in [0.4, 0.5) is 13.2 Å². The van der Waals surface area contributed by atoms with Crippen LogP contribution in [0.15, 0.2) is 42.5 Å². The van der Waals surface area contributed by atoms with Gasteiger partial charge in [0.15, 0.2) is 0 Å². The van der Waals surface area contributed by atoms with Gasteiger partial charge in [0, 0.05) is 5.56 Å². The Balaban J connectivity index is 2.86. The SMILES string of the molecule is COc1ccc(C(F)(F)F)c(C(=O)O)c1-c1ccccc1. The van der Waals surface area contributed by atoms with Crippen molar-refractivity contribution in [3.63, 3.8) is 0 Å². The fraction of sp³-hybridized carbons (Fsp3) is 0.133. The van der Waals surface area contributed by atoms with E-state index in [4.69, 9.17) is 4.74 Å². The van der Waals surface area contributed by atoms with Crippen LogP contribution in [0.3, 0.4) is 0 Å². The van der Waals surface area contributed by atoms with Gasteiger partial charge in [-0.05, 0) is 17.7 Å². The van der Waals surface area contributed by atoms with Gasteiger partial charge in [0.05, 0.1) is 18.2 Å². The number of rotatable bonds is 3. The molecular weight excluding hydrogens is 285 g/mol. The lowest BCUT2D eigenvalue weighted by Crippen LogP contribution is -2.14. The highest BCUT2D eigenvalue weighted by molar-refractivity contribution is 5.99. The van der Waals surface area contributed by atoms with Gasteiger partial charge in [-0.2, -0.15) is 13.2 Å². The number of hydrogen-bond acceptors (Lipinski definition) is 2. The molecule has 2 aromatic carbocycles. The summed E-state index contributed by atoms with van der Waals surface area (Å²) in [5, 5.41) is 9.24. The van der Waals surface area contributed by atoms with Gasteiger partial charge in [-0.25, -0.2) is 4.79 Å². The molecule has 0 saturated carbocycles. The smallest absolute Gasteiger partial charge is 0.417 e. The van der Waals surface area contributed by atoms with Crippen molar-refractivity contribution in [3.05, 3.63) is 53.6 Å². The van der Waals surface area contributed by atoms with Gasteiger partial charge in [0.1, 0.15) is 5.75 Å². The molecule has 0 bridgehead atoms. The largest absolute Gasteiger partial charge is 0.496 e. The Hall–Kier alpha value is -2.50. The van der Waals surface area contributed by atoms with Crippen LogP contribution in [0.25, 0.3) is 11.1 Å². The number of aromatic carboxylic acids is 1. The van der Waals surface area contributed by atoms with Gasteiger partial charge < -0.3 is 9.84 Å². The first-order valence-corrected chi connectivity index (χ1v) is 5.93. The van der Waals surface area contributed by atoms with E-state index >= 15 is 0 Å². The molecule has 3 nitrogen and oxygen atoms in total. The lowest BCUT2D eigenvalue weighted by atomic mass is 9.94. The molecule has 2 aromatic rings. The average molecular weight is 296 g/mol. The van der Waals surface area contributed by atoms with E-state index in [1.165, 1.54) is 19.2 Å². The van der Waals surface area contributed by atoms with Crippen molar-refractivity contribution in [2.75, 3.05) is 7.11 Å². The minimum Gasteiger partial charge on any atom is -0.496 e. The molecule has 0 amide bonds. The van der Waals surface area contributed by atoms with E-state index in [-0.39, 0.29) is 11.3 Å². The molecule has 0 fully saturated rings. The second kappa shape index (κ2) is 5.47. The first kappa shape index (κ1) is 14.9. The fourth-order valence-corrected chi connectivity index (χ4v) is 2.10. The topological polar surface area (TPSA) is 46.5 Å². The van der Waals surface area contributed by atoms with Crippen LogP contribution in [0.1, 0.15) is 15.9 Å². The molecule has 0 unspecified atom stereocenters. The molecular formula is C15H11F3O3. The van der Waals surface area contributed by atoms with Crippen molar-refractivity contribution in [1.29, 1.82) is 0 Å². The molecule has 0 radical (unpaired) electrons. The first-order valence-electron chi connectivity index (χ1n) is 5.93. The molecule has 2 rings (SSSR count). The number of carbonyl (C=O) groups is 1. The lowest BCUT2D eigenvalue weighted by molar-refractivity contribution is -0.138. The van der Waals surface area contributed by atoms with Crippen molar-refractivity contribution in [1.82, 2.24) is 0 Å². The van der Waals surface area contributed by atoms with Crippen LogP contribution >= 0.6 is 0 Å². The molecule has 0 atom stereocenters. The van der Waals surface area contributed by atoms with Gasteiger partial charge in [-0.1, -0.05) is 30.3 Å². The van der Waals surface area contributed by atoms with E-state index in [1.807, 2.05) is 0 Å². The van der Waals surface area contributed by atoms with E-state index in [0.717, 1.165) is 6.07 Å². The van der Waals surface area contributed by atoms with Gasteiger partial charge >= 0.3 is 12.1 Å². The summed E-state index contributed by atoms with van der Waals surface area (Å²) < 4.78 is 44.1. The Bertz CT molecular complexity index is 664.